The largest absolute Gasteiger partial charge is 0.496 e. The Morgan fingerprint density at radius 2 is 1.58 bits per heavy atom. The van der Waals surface area contributed by atoms with Gasteiger partial charge in [0.15, 0.2) is 0 Å². The van der Waals surface area contributed by atoms with Gasteiger partial charge in [0.25, 0.3) is 0 Å². The molecule has 0 unspecified atom stereocenters. The second-order valence-electron chi connectivity index (χ2n) is 5.55. The van der Waals surface area contributed by atoms with E-state index < -0.39 is 0 Å². The first-order chi connectivity index (χ1) is 9.15. The maximum absolute atomic E-state index is 5.56. The van der Waals surface area contributed by atoms with Crippen molar-refractivity contribution >= 4 is 0 Å². The van der Waals surface area contributed by atoms with Crippen molar-refractivity contribution in [2.24, 2.45) is 0 Å². The Morgan fingerprint density at radius 3 is 2.00 bits per heavy atom. The van der Waals surface area contributed by atoms with Crippen LogP contribution in [0.4, 0.5) is 0 Å². The molecule has 0 aliphatic carbocycles. The Hall–Kier alpha value is -1.22. The van der Waals surface area contributed by atoms with Gasteiger partial charge in [0.1, 0.15) is 11.5 Å². The van der Waals surface area contributed by atoms with Crippen molar-refractivity contribution < 1.29 is 9.47 Å². The van der Waals surface area contributed by atoms with Gasteiger partial charge in [-0.25, -0.2) is 0 Å². The molecule has 0 atom stereocenters. The number of hydrogen-bond donors (Lipinski definition) is 0. The van der Waals surface area contributed by atoms with Crippen LogP contribution in [0.15, 0.2) is 12.1 Å². The predicted octanol–water partition coefficient (Wildman–Crippen LogP) is 3.42. The summed E-state index contributed by atoms with van der Waals surface area (Å²) in [6.07, 6.45) is 2.64. The third kappa shape index (κ3) is 3.21. The highest BCUT2D eigenvalue weighted by molar-refractivity contribution is 5.49. The van der Waals surface area contributed by atoms with Crippen LogP contribution in [-0.2, 0) is 6.54 Å². The highest BCUT2D eigenvalue weighted by Gasteiger charge is 2.18. The highest BCUT2D eigenvalue weighted by atomic mass is 16.5. The number of methoxy groups -OCH3 is 2. The molecule has 19 heavy (non-hydrogen) atoms. The van der Waals surface area contributed by atoms with Gasteiger partial charge >= 0.3 is 0 Å². The normalized spacial score (nSPS) is 16.1. The van der Waals surface area contributed by atoms with Crippen LogP contribution in [0, 0.1) is 0 Å². The van der Waals surface area contributed by atoms with Crippen molar-refractivity contribution in [3.63, 3.8) is 0 Å². The molecule has 1 aliphatic rings. The van der Waals surface area contributed by atoms with E-state index in [1.54, 1.807) is 14.2 Å². The Morgan fingerprint density at radius 1 is 1.05 bits per heavy atom. The molecule has 0 bridgehead atoms. The third-order valence-corrected chi connectivity index (χ3v) is 3.79. The summed E-state index contributed by atoms with van der Waals surface area (Å²) >= 11 is 0. The van der Waals surface area contributed by atoms with Gasteiger partial charge in [-0.3, -0.25) is 4.90 Å². The van der Waals surface area contributed by atoms with Crippen LogP contribution in [0.1, 0.15) is 43.7 Å². The van der Waals surface area contributed by atoms with Gasteiger partial charge in [-0.2, -0.15) is 0 Å². The Bertz CT molecular complexity index is 398. The molecular formula is C16H25NO2. The first kappa shape index (κ1) is 14.2. The highest BCUT2D eigenvalue weighted by Crippen LogP contribution is 2.36. The number of rotatable bonds is 5. The van der Waals surface area contributed by atoms with Crippen molar-refractivity contribution in [2.45, 2.75) is 39.2 Å². The van der Waals surface area contributed by atoms with Crippen molar-refractivity contribution in [3.05, 3.63) is 23.3 Å². The Kier molecular flexibility index (Phi) is 4.70. The summed E-state index contributed by atoms with van der Waals surface area (Å²) in [6, 6.07) is 4.33. The van der Waals surface area contributed by atoms with Crippen molar-refractivity contribution in [3.8, 4) is 11.5 Å². The van der Waals surface area contributed by atoms with E-state index in [9.17, 15) is 0 Å². The van der Waals surface area contributed by atoms with E-state index in [1.807, 2.05) is 0 Å². The van der Waals surface area contributed by atoms with Gasteiger partial charge in [0.2, 0.25) is 0 Å². The smallest absolute Gasteiger partial charge is 0.126 e. The Labute approximate surface area is 116 Å². The van der Waals surface area contributed by atoms with Crippen LogP contribution < -0.4 is 9.47 Å². The molecule has 0 aromatic heterocycles. The third-order valence-electron chi connectivity index (χ3n) is 3.79. The van der Waals surface area contributed by atoms with E-state index in [-0.39, 0.29) is 0 Å². The topological polar surface area (TPSA) is 21.7 Å². The number of hydrogen-bond acceptors (Lipinski definition) is 3. The van der Waals surface area contributed by atoms with Gasteiger partial charge in [-0.1, -0.05) is 13.8 Å². The standard InChI is InChI=1S/C16H25NO2/c1-12(2)16-14(18-3)9-13(10-15(16)19-4)11-17-7-5-6-8-17/h9-10,12H,5-8,11H2,1-4H3. The minimum absolute atomic E-state index is 0.394. The molecular weight excluding hydrogens is 238 g/mol. The van der Waals surface area contributed by atoms with E-state index in [0.717, 1.165) is 23.6 Å². The summed E-state index contributed by atoms with van der Waals surface area (Å²) in [4.78, 5) is 2.49. The summed E-state index contributed by atoms with van der Waals surface area (Å²) in [6.45, 7) is 7.74. The molecule has 1 saturated heterocycles. The molecule has 0 radical (unpaired) electrons. The zero-order valence-corrected chi connectivity index (χ0v) is 12.5. The van der Waals surface area contributed by atoms with Gasteiger partial charge in [0.05, 0.1) is 14.2 Å². The molecule has 1 aliphatic heterocycles. The summed E-state index contributed by atoms with van der Waals surface area (Å²) in [5, 5.41) is 0. The van der Waals surface area contributed by atoms with Crippen LogP contribution in [-0.4, -0.2) is 32.2 Å². The van der Waals surface area contributed by atoms with E-state index in [2.05, 4.69) is 30.9 Å². The molecule has 3 nitrogen and oxygen atoms in total. The molecule has 1 heterocycles. The monoisotopic (exact) mass is 263 g/mol. The fraction of sp³-hybridized carbons (Fsp3) is 0.625. The van der Waals surface area contributed by atoms with E-state index in [4.69, 9.17) is 9.47 Å². The van der Waals surface area contributed by atoms with Crippen molar-refractivity contribution in [1.82, 2.24) is 4.90 Å². The summed E-state index contributed by atoms with van der Waals surface area (Å²) in [5.74, 6) is 2.29. The van der Waals surface area contributed by atoms with Gasteiger partial charge in [-0.05, 0) is 49.5 Å². The number of ether oxygens (including phenoxy) is 2. The lowest BCUT2D eigenvalue weighted by Gasteiger charge is -2.20. The summed E-state index contributed by atoms with van der Waals surface area (Å²) in [5.41, 5.74) is 2.44. The van der Waals surface area contributed by atoms with Crippen LogP contribution >= 0.6 is 0 Å². The maximum Gasteiger partial charge on any atom is 0.126 e. The van der Waals surface area contributed by atoms with Crippen molar-refractivity contribution in [2.75, 3.05) is 27.3 Å². The van der Waals surface area contributed by atoms with Crippen LogP contribution in [0.25, 0.3) is 0 Å². The maximum atomic E-state index is 5.56. The lowest BCUT2D eigenvalue weighted by molar-refractivity contribution is 0.327. The van der Waals surface area contributed by atoms with Gasteiger partial charge in [-0.15, -0.1) is 0 Å². The zero-order chi connectivity index (χ0) is 13.8. The number of nitrogens with zero attached hydrogens (tertiary/aromatic N) is 1. The van der Waals surface area contributed by atoms with Gasteiger partial charge in [0, 0.05) is 12.1 Å². The zero-order valence-electron chi connectivity index (χ0n) is 12.5. The molecule has 0 spiro atoms. The first-order valence-corrected chi connectivity index (χ1v) is 7.13. The molecule has 0 N–H and O–H groups in total. The minimum atomic E-state index is 0.394. The average molecular weight is 263 g/mol. The SMILES string of the molecule is COc1cc(CN2CCCC2)cc(OC)c1C(C)C. The van der Waals surface area contributed by atoms with Crippen LogP contribution in [0.3, 0.4) is 0 Å². The molecule has 106 valence electrons. The van der Waals surface area contributed by atoms with E-state index in [0.29, 0.717) is 5.92 Å². The molecule has 1 aromatic rings. The quantitative estimate of drug-likeness (QED) is 0.812. The molecule has 0 amide bonds. The number of benzene rings is 1. The molecule has 0 saturated carbocycles. The fourth-order valence-electron chi connectivity index (χ4n) is 2.85. The van der Waals surface area contributed by atoms with E-state index in [1.165, 1.54) is 31.5 Å². The number of likely N-dealkylation sites (tertiary alicyclic amines) is 1. The predicted molar refractivity (Wildman–Crippen MR) is 78.1 cm³/mol. The van der Waals surface area contributed by atoms with Gasteiger partial charge < -0.3 is 9.47 Å². The lowest BCUT2D eigenvalue weighted by Crippen LogP contribution is -2.18. The molecule has 1 aromatic carbocycles. The van der Waals surface area contributed by atoms with Crippen LogP contribution in [0.2, 0.25) is 0 Å². The fourth-order valence-corrected chi connectivity index (χ4v) is 2.85. The lowest BCUT2D eigenvalue weighted by atomic mass is 9.98. The minimum Gasteiger partial charge on any atom is -0.496 e. The summed E-state index contributed by atoms with van der Waals surface area (Å²) in [7, 11) is 3.47. The Balaban J connectivity index is 2.29. The summed E-state index contributed by atoms with van der Waals surface area (Å²) < 4.78 is 11.1. The molecule has 3 heteroatoms. The van der Waals surface area contributed by atoms with Crippen LogP contribution in [0.5, 0.6) is 11.5 Å². The second-order valence-corrected chi connectivity index (χ2v) is 5.55. The second kappa shape index (κ2) is 6.29. The molecule has 2 rings (SSSR count). The van der Waals surface area contributed by atoms with E-state index >= 15 is 0 Å². The average Bonchev–Trinajstić information content (AvgIpc) is 2.90. The van der Waals surface area contributed by atoms with Crippen molar-refractivity contribution in [1.29, 1.82) is 0 Å². The molecule has 1 fully saturated rings. The first-order valence-electron chi connectivity index (χ1n) is 7.13.